The number of nitrogens with one attached hydrogen (secondary N) is 3. The van der Waals surface area contributed by atoms with Crippen molar-refractivity contribution in [3.63, 3.8) is 0 Å². The van der Waals surface area contributed by atoms with Crippen LogP contribution in [0.2, 0.25) is 0 Å². The Labute approximate surface area is 632 Å². The minimum absolute atomic E-state index is 0.00714. The molecule has 0 radical (unpaired) electrons. The van der Waals surface area contributed by atoms with Crippen molar-refractivity contribution in [1.82, 2.24) is 45.3 Å². The summed E-state index contributed by atoms with van der Waals surface area (Å²) in [4.78, 5) is 149. The molecule has 0 bridgehead atoms. The number of esters is 1. The Kier molecular flexibility index (Phi) is 38.1. The van der Waals surface area contributed by atoms with Crippen LogP contribution in [0.15, 0.2) is 121 Å². The first-order chi connectivity index (χ1) is 50.2. The monoisotopic (exact) mass is 1490 g/mol. The standard InChI is InChI=1S/C39H56N4O7.C30H49N5O5.C10H11NO4.CH4O/c1-28(41(8)37(48)50-39(5,6)7)35(46)40-34(38(2,3)4)36(47)43-24-15-20-31(43)26-42(25-23-29-16-11-9-12-17-29)32(44)21-22-33(45)49-27-30-18-13-10-14-19-30;1-21(33(8)28(39)40-30(5,6)7)26(37)32-25(29(2,3)4)27(38)35-17-12-15-23(35)20-34(24(36)19-31)18-16-22-13-10-9-11-14-22;12-9(13)6-11-10(14)15-7-8-4-2-1-3-5-8;1-2/h9-14,16-19,28,31,34H,15,20-27H2,1-8H3,(H,40,46);9-11,13-14,21,23,25H,12,15-20,31H2,1-8H3,(H,32,37);1-5H,6-7H2,(H,11,14)(H,12,13);2H,1H3/t28-,31-,34+;21-,23-,25+;;/m00../s1. The average Bonchev–Trinajstić information content (AvgIpc) is 1.77. The van der Waals surface area contributed by atoms with Gasteiger partial charge in [0.25, 0.3) is 0 Å². The second kappa shape index (κ2) is 44.5. The molecule has 6 rings (SSSR count). The van der Waals surface area contributed by atoms with E-state index in [4.69, 9.17) is 34.9 Å². The summed E-state index contributed by atoms with van der Waals surface area (Å²) in [5.41, 5.74) is 6.98. The van der Waals surface area contributed by atoms with E-state index in [0.717, 1.165) is 48.6 Å². The van der Waals surface area contributed by atoms with Crippen molar-refractivity contribution in [2.75, 3.05) is 73.6 Å². The minimum Gasteiger partial charge on any atom is -0.480 e. The number of alkyl carbamates (subject to hydrolysis) is 1. The van der Waals surface area contributed by atoms with Gasteiger partial charge in [-0.25, -0.2) is 14.4 Å². The zero-order chi connectivity index (χ0) is 80.4. The number of hydrogen-bond donors (Lipinski definition) is 6. The Bertz CT molecular complexity index is 3450. The van der Waals surface area contributed by atoms with Gasteiger partial charge < -0.3 is 70.4 Å². The molecule has 2 saturated heterocycles. The van der Waals surface area contributed by atoms with Crippen LogP contribution >= 0.6 is 0 Å². The number of rotatable bonds is 28. The number of likely N-dealkylation sites (N-methyl/N-ethyl adjacent to an activating group) is 2. The molecule has 0 saturated carbocycles. The lowest BCUT2D eigenvalue weighted by Gasteiger charge is -2.38. The third-order valence-electron chi connectivity index (χ3n) is 17.6. The summed E-state index contributed by atoms with van der Waals surface area (Å²) in [6, 6.07) is 34.4. The summed E-state index contributed by atoms with van der Waals surface area (Å²) in [6.07, 6.45) is 2.29. The number of likely N-dealkylation sites (tertiary alicyclic amines) is 2. The van der Waals surface area contributed by atoms with E-state index in [1.807, 2.05) is 163 Å². The predicted octanol–water partition coefficient (Wildman–Crippen LogP) is 8.76. The number of aliphatic hydroxyl groups excluding tert-OH is 1. The van der Waals surface area contributed by atoms with Gasteiger partial charge in [-0.3, -0.25) is 48.2 Å². The Morgan fingerprint density at radius 1 is 0.514 bits per heavy atom. The molecule has 0 aromatic heterocycles. The van der Waals surface area contributed by atoms with E-state index in [1.165, 1.54) is 23.9 Å². The normalized spacial score (nSPS) is 15.2. The number of carbonyl (C=O) groups is 11. The quantitative estimate of drug-likeness (QED) is 0.0228. The molecule has 27 nitrogen and oxygen atoms in total. The molecule has 592 valence electrons. The van der Waals surface area contributed by atoms with Gasteiger partial charge in [0.1, 0.15) is 55.1 Å². The van der Waals surface area contributed by atoms with E-state index in [1.54, 1.807) is 75.0 Å². The summed E-state index contributed by atoms with van der Waals surface area (Å²) in [5, 5.41) is 23.2. The lowest BCUT2D eigenvalue weighted by Crippen LogP contribution is -2.59. The van der Waals surface area contributed by atoms with Crippen molar-refractivity contribution < 1.29 is 81.9 Å². The van der Waals surface area contributed by atoms with Gasteiger partial charge in [-0.05, 0) is 127 Å². The fraction of sp³-hybridized carbons (Fsp3) is 0.562. The van der Waals surface area contributed by atoms with E-state index >= 15 is 0 Å². The highest BCUT2D eigenvalue weighted by Gasteiger charge is 2.44. The maximum absolute atomic E-state index is 14.2. The molecule has 0 aliphatic carbocycles. The van der Waals surface area contributed by atoms with Gasteiger partial charge >= 0.3 is 30.2 Å². The Hall–Kier alpha value is -9.63. The molecule has 27 heteroatoms. The summed E-state index contributed by atoms with van der Waals surface area (Å²) >= 11 is 0. The van der Waals surface area contributed by atoms with Gasteiger partial charge in [0.2, 0.25) is 35.4 Å². The summed E-state index contributed by atoms with van der Waals surface area (Å²) in [7, 11) is 3.99. The predicted molar refractivity (Wildman–Crippen MR) is 408 cm³/mol. The molecule has 6 atom stereocenters. The van der Waals surface area contributed by atoms with Crippen LogP contribution in [0, 0.1) is 10.8 Å². The highest BCUT2D eigenvalue weighted by Crippen LogP contribution is 2.29. The Morgan fingerprint density at radius 2 is 0.860 bits per heavy atom. The highest BCUT2D eigenvalue weighted by molar-refractivity contribution is 5.93. The van der Waals surface area contributed by atoms with E-state index in [9.17, 15) is 52.7 Å². The smallest absolute Gasteiger partial charge is 0.410 e. The van der Waals surface area contributed by atoms with Crippen molar-refractivity contribution >= 4 is 65.7 Å². The number of aliphatic carboxylic acids is 1. The zero-order valence-corrected chi connectivity index (χ0v) is 66.0. The number of amides is 9. The van der Waals surface area contributed by atoms with Crippen LogP contribution in [-0.2, 0) is 83.4 Å². The number of hydrogen-bond acceptors (Lipinski definition) is 17. The van der Waals surface area contributed by atoms with E-state index in [2.05, 4.69) is 16.0 Å². The van der Waals surface area contributed by atoms with E-state index < -0.39 is 94.8 Å². The summed E-state index contributed by atoms with van der Waals surface area (Å²) < 4.78 is 21.0. The lowest BCUT2D eigenvalue weighted by molar-refractivity contribution is -0.147. The Morgan fingerprint density at radius 3 is 1.20 bits per heavy atom. The maximum Gasteiger partial charge on any atom is 0.410 e. The van der Waals surface area contributed by atoms with Crippen LogP contribution in [0.3, 0.4) is 0 Å². The van der Waals surface area contributed by atoms with Crippen molar-refractivity contribution in [3.05, 3.63) is 144 Å². The summed E-state index contributed by atoms with van der Waals surface area (Å²) in [6.45, 7) is 27.5. The summed E-state index contributed by atoms with van der Waals surface area (Å²) in [5.74, 6) is -3.24. The number of carboxylic acids is 1. The molecule has 2 heterocycles. The van der Waals surface area contributed by atoms with Gasteiger partial charge in [-0.1, -0.05) is 163 Å². The second-order valence-corrected chi connectivity index (χ2v) is 30.6. The van der Waals surface area contributed by atoms with Crippen molar-refractivity contribution in [1.29, 1.82) is 0 Å². The molecular weight excluding hydrogens is 1370 g/mol. The number of carboxylic acid groups (broad SMARTS) is 1. The molecule has 0 unspecified atom stereocenters. The van der Waals surface area contributed by atoms with E-state index in [-0.39, 0.29) is 68.3 Å². The van der Waals surface area contributed by atoms with Crippen molar-refractivity contribution in [3.8, 4) is 0 Å². The topological polar surface area (TPSA) is 347 Å². The molecule has 4 aromatic rings. The first-order valence-corrected chi connectivity index (χ1v) is 36.5. The fourth-order valence-electron chi connectivity index (χ4n) is 11.3. The van der Waals surface area contributed by atoms with Crippen LogP contribution in [-0.4, -0.2) is 226 Å². The molecule has 2 aliphatic heterocycles. The molecule has 2 fully saturated rings. The number of carbonyl (C=O) groups excluding carboxylic acids is 10. The molecule has 4 aromatic carbocycles. The second-order valence-electron chi connectivity index (χ2n) is 30.6. The molecule has 7 N–H and O–H groups in total. The molecular formula is C80H120N10O17. The SMILES string of the molecule is CO.C[C@@H](C(=O)N[C@H](C(=O)N1CCC[C@H]1CN(CCc1ccccc1)C(=O)CCC(=O)OCc1ccccc1)C(C)(C)C)N(C)C(=O)OC(C)(C)C.C[C@@H](C(=O)N[C@H](C(=O)N1CCC[C@H]1CN(CCc1ccccc1)C(=O)CN)C(C)(C)C)N(C)C(=O)OC(C)(C)C.O=C(O)CNC(=O)OCc1ccccc1. The number of nitrogens with zero attached hydrogens (tertiary/aromatic N) is 6. The fourth-order valence-corrected chi connectivity index (χ4v) is 11.3. The largest absolute Gasteiger partial charge is 0.480 e. The van der Waals surface area contributed by atoms with Crippen molar-refractivity contribution in [2.24, 2.45) is 16.6 Å². The highest BCUT2D eigenvalue weighted by atomic mass is 16.6. The van der Waals surface area contributed by atoms with Gasteiger partial charge in [0.05, 0.1) is 13.0 Å². The number of benzene rings is 4. The molecule has 107 heavy (non-hydrogen) atoms. The third kappa shape index (κ3) is 33.4. The van der Waals surface area contributed by atoms with Gasteiger partial charge in [-0.2, -0.15) is 0 Å². The van der Waals surface area contributed by atoms with Crippen LogP contribution in [0.1, 0.15) is 158 Å². The molecule has 9 amide bonds. The molecule has 2 aliphatic rings. The van der Waals surface area contributed by atoms with Crippen LogP contribution in [0.5, 0.6) is 0 Å². The third-order valence-corrected chi connectivity index (χ3v) is 17.6. The van der Waals surface area contributed by atoms with Crippen LogP contribution in [0.25, 0.3) is 0 Å². The van der Waals surface area contributed by atoms with Gasteiger partial charge in [-0.15, -0.1) is 0 Å². The average molecular weight is 1490 g/mol. The minimum atomic E-state index is -1.10. The van der Waals surface area contributed by atoms with Crippen molar-refractivity contribution in [2.45, 2.75) is 209 Å². The molecule has 0 spiro atoms. The number of ether oxygens (including phenoxy) is 4. The van der Waals surface area contributed by atoms with Gasteiger partial charge in [0, 0.05) is 79.0 Å². The number of aliphatic hydroxyl groups is 1. The van der Waals surface area contributed by atoms with E-state index in [0.29, 0.717) is 58.5 Å². The number of nitrogens with two attached hydrogens (primary N) is 1. The maximum atomic E-state index is 14.2. The zero-order valence-electron chi connectivity index (χ0n) is 66.0. The lowest BCUT2D eigenvalue weighted by atomic mass is 9.85. The first kappa shape index (κ1) is 91.6. The van der Waals surface area contributed by atoms with Crippen LogP contribution in [0.4, 0.5) is 14.4 Å². The van der Waals surface area contributed by atoms with Crippen LogP contribution < -0.4 is 21.7 Å². The first-order valence-electron chi connectivity index (χ1n) is 36.5. The van der Waals surface area contributed by atoms with Gasteiger partial charge in [0.15, 0.2) is 0 Å². The Balaban J connectivity index is 0.000000462.